The molecule has 4 nitrogen and oxygen atoms in total. The number of benzene rings is 3. The van der Waals surface area contributed by atoms with Crippen molar-refractivity contribution in [3.8, 4) is 0 Å². The van der Waals surface area contributed by atoms with Gasteiger partial charge in [0.1, 0.15) is 0 Å². The SMILES string of the molecule is Cc1ccccc1N=C(c1ccccc1)N1C(=O)c2ccccc2C1=O. The molecule has 4 rings (SSSR count). The minimum atomic E-state index is -0.346. The van der Waals surface area contributed by atoms with Gasteiger partial charge in [-0.1, -0.05) is 60.7 Å². The fraction of sp³-hybridized carbons (Fsp3) is 0.0455. The van der Waals surface area contributed by atoms with Gasteiger partial charge in [-0.05, 0) is 30.7 Å². The summed E-state index contributed by atoms with van der Waals surface area (Å²) in [6, 6.07) is 23.8. The fourth-order valence-corrected chi connectivity index (χ4v) is 3.02. The summed E-state index contributed by atoms with van der Waals surface area (Å²) in [4.78, 5) is 31.7. The van der Waals surface area contributed by atoms with Crippen LogP contribution in [-0.2, 0) is 0 Å². The van der Waals surface area contributed by atoms with Crippen molar-refractivity contribution in [3.63, 3.8) is 0 Å². The molecule has 1 aliphatic rings. The zero-order chi connectivity index (χ0) is 18.1. The molecular weight excluding hydrogens is 324 g/mol. The number of amides is 2. The first kappa shape index (κ1) is 16.0. The van der Waals surface area contributed by atoms with Gasteiger partial charge >= 0.3 is 0 Å². The summed E-state index contributed by atoms with van der Waals surface area (Å²) in [5.41, 5.74) is 3.22. The largest absolute Gasteiger partial charge is 0.268 e. The van der Waals surface area contributed by atoms with Crippen molar-refractivity contribution < 1.29 is 9.59 Å². The van der Waals surface area contributed by atoms with Crippen LogP contribution in [0.15, 0.2) is 83.9 Å². The van der Waals surface area contributed by atoms with Crippen molar-refractivity contribution in [2.45, 2.75) is 6.92 Å². The number of aryl methyl sites for hydroxylation is 1. The zero-order valence-corrected chi connectivity index (χ0v) is 14.2. The Morgan fingerprint density at radius 3 is 1.88 bits per heavy atom. The van der Waals surface area contributed by atoms with Crippen LogP contribution in [0.5, 0.6) is 0 Å². The minimum Gasteiger partial charge on any atom is -0.268 e. The van der Waals surface area contributed by atoms with E-state index in [0.29, 0.717) is 22.5 Å². The number of aliphatic imine (C=N–C) groups is 1. The third-order valence-electron chi connectivity index (χ3n) is 4.38. The van der Waals surface area contributed by atoms with Crippen molar-refractivity contribution in [2.75, 3.05) is 0 Å². The highest BCUT2D eigenvalue weighted by molar-refractivity contribution is 6.32. The van der Waals surface area contributed by atoms with Crippen LogP contribution in [-0.4, -0.2) is 22.5 Å². The lowest BCUT2D eigenvalue weighted by Crippen LogP contribution is -2.36. The Kier molecular flexibility index (Phi) is 3.93. The predicted octanol–water partition coefficient (Wildman–Crippen LogP) is 4.37. The molecule has 0 aromatic heterocycles. The number of carbonyl (C=O) groups is 2. The van der Waals surface area contributed by atoms with Gasteiger partial charge in [0, 0.05) is 5.56 Å². The van der Waals surface area contributed by atoms with Crippen molar-refractivity contribution >= 4 is 23.3 Å². The van der Waals surface area contributed by atoms with Crippen LogP contribution in [0.1, 0.15) is 31.8 Å². The lowest BCUT2D eigenvalue weighted by Gasteiger charge is -2.17. The molecule has 0 saturated carbocycles. The summed E-state index contributed by atoms with van der Waals surface area (Å²) < 4.78 is 0. The smallest absolute Gasteiger partial charge is 0.267 e. The van der Waals surface area contributed by atoms with Crippen LogP contribution in [0.25, 0.3) is 0 Å². The molecule has 0 atom stereocenters. The molecule has 3 aromatic rings. The monoisotopic (exact) mass is 340 g/mol. The summed E-state index contributed by atoms with van der Waals surface area (Å²) in [6.45, 7) is 1.95. The number of hydrogen-bond donors (Lipinski definition) is 0. The highest BCUT2D eigenvalue weighted by atomic mass is 16.2. The average Bonchev–Trinajstić information content (AvgIpc) is 2.93. The Morgan fingerprint density at radius 2 is 1.27 bits per heavy atom. The van der Waals surface area contributed by atoms with Gasteiger partial charge in [-0.25, -0.2) is 9.89 Å². The maximum absolute atomic E-state index is 12.9. The van der Waals surface area contributed by atoms with Crippen LogP contribution in [0.4, 0.5) is 5.69 Å². The van der Waals surface area contributed by atoms with E-state index in [1.54, 1.807) is 24.3 Å². The van der Waals surface area contributed by atoms with Crippen LogP contribution in [0.3, 0.4) is 0 Å². The van der Waals surface area contributed by atoms with Gasteiger partial charge in [0.2, 0.25) is 0 Å². The van der Waals surface area contributed by atoms with Crippen molar-refractivity contribution in [1.82, 2.24) is 4.90 Å². The molecule has 0 radical (unpaired) electrons. The van der Waals surface area contributed by atoms with Gasteiger partial charge in [-0.15, -0.1) is 0 Å². The first-order valence-electron chi connectivity index (χ1n) is 8.34. The predicted molar refractivity (Wildman–Crippen MR) is 101 cm³/mol. The summed E-state index contributed by atoms with van der Waals surface area (Å²) in [5, 5.41) is 0. The highest BCUT2D eigenvalue weighted by Gasteiger charge is 2.38. The standard InChI is InChI=1S/C22H16N2O2/c1-15-9-5-8-14-19(15)23-20(16-10-3-2-4-11-16)24-21(25)17-12-6-7-13-18(17)22(24)26/h2-14H,1H3. The molecule has 4 heteroatoms. The molecule has 126 valence electrons. The van der Waals surface area contributed by atoms with E-state index in [-0.39, 0.29) is 11.8 Å². The van der Waals surface area contributed by atoms with E-state index in [4.69, 9.17) is 4.99 Å². The lowest BCUT2D eigenvalue weighted by atomic mass is 10.1. The molecule has 0 aliphatic carbocycles. The molecule has 0 spiro atoms. The molecule has 0 fully saturated rings. The van der Waals surface area contributed by atoms with Crippen molar-refractivity contribution in [1.29, 1.82) is 0 Å². The Hall–Kier alpha value is -3.53. The maximum atomic E-state index is 12.9. The van der Waals surface area contributed by atoms with Gasteiger partial charge in [-0.2, -0.15) is 0 Å². The van der Waals surface area contributed by atoms with Gasteiger partial charge in [0.05, 0.1) is 16.8 Å². The molecule has 0 unspecified atom stereocenters. The maximum Gasteiger partial charge on any atom is 0.267 e. The molecule has 2 amide bonds. The van der Waals surface area contributed by atoms with Crippen molar-refractivity contribution in [2.24, 2.45) is 4.99 Å². The van der Waals surface area contributed by atoms with E-state index < -0.39 is 0 Å². The third-order valence-corrected chi connectivity index (χ3v) is 4.38. The number of imide groups is 1. The number of amidine groups is 1. The van der Waals surface area contributed by atoms with Crippen LogP contribution in [0.2, 0.25) is 0 Å². The van der Waals surface area contributed by atoms with Gasteiger partial charge < -0.3 is 0 Å². The second kappa shape index (κ2) is 6.41. The molecule has 1 heterocycles. The Balaban J connectivity index is 1.90. The zero-order valence-electron chi connectivity index (χ0n) is 14.2. The number of hydrogen-bond acceptors (Lipinski definition) is 3. The summed E-state index contributed by atoms with van der Waals surface area (Å²) in [7, 11) is 0. The Morgan fingerprint density at radius 1 is 0.731 bits per heavy atom. The minimum absolute atomic E-state index is 0.339. The van der Waals surface area contributed by atoms with E-state index >= 15 is 0 Å². The van der Waals surface area contributed by atoms with Gasteiger partial charge in [-0.3, -0.25) is 9.59 Å². The number of nitrogens with zero attached hydrogens (tertiary/aromatic N) is 2. The Bertz CT molecular complexity index is 1000. The second-order valence-electron chi connectivity index (χ2n) is 6.08. The molecule has 0 bridgehead atoms. The van der Waals surface area contributed by atoms with Gasteiger partial charge in [0.25, 0.3) is 11.8 Å². The topological polar surface area (TPSA) is 49.7 Å². The van der Waals surface area contributed by atoms with Crippen LogP contribution < -0.4 is 0 Å². The van der Waals surface area contributed by atoms with E-state index in [1.165, 1.54) is 4.90 Å². The number of para-hydroxylation sites is 1. The van der Waals surface area contributed by atoms with E-state index in [9.17, 15) is 9.59 Å². The highest BCUT2D eigenvalue weighted by Crippen LogP contribution is 2.27. The second-order valence-corrected chi connectivity index (χ2v) is 6.08. The molecule has 3 aromatic carbocycles. The summed E-state index contributed by atoms with van der Waals surface area (Å²) >= 11 is 0. The summed E-state index contributed by atoms with van der Waals surface area (Å²) in [6.07, 6.45) is 0. The number of rotatable bonds is 2. The molecule has 0 saturated heterocycles. The Labute approximate surface area is 151 Å². The molecule has 1 aliphatic heterocycles. The molecule has 0 N–H and O–H groups in total. The lowest BCUT2D eigenvalue weighted by molar-refractivity contribution is 0.0749. The number of fused-ring (bicyclic) bond motifs is 1. The van der Waals surface area contributed by atoms with E-state index in [1.807, 2.05) is 61.5 Å². The first-order chi connectivity index (χ1) is 12.7. The normalized spacial score (nSPS) is 13.9. The summed E-state index contributed by atoms with van der Waals surface area (Å²) in [5.74, 6) is -0.352. The number of carbonyl (C=O) groups excluding carboxylic acids is 2. The molecular formula is C22H16N2O2. The van der Waals surface area contributed by atoms with Gasteiger partial charge in [0.15, 0.2) is 5.84 Å². The van der Waals surface area contributed by atoms with Crippen LogP contribution in [0, 0.1) is 6.92 Å². The first-order valence-corrected chi connectivity index (χ1v) is 8.34. The van der Waals surface area contributed by atoms with Crippen LogP contribution >= 0.6 is 0 Å². The van der Waals surface area contributed by atoms with Crippen molar-refractivity contribution in [3.05, 3.63) is 101 Å². The average molecular weight is 340 g/mol. The quantitative estimate of drug-likeness (QED) is 0.395. The van der Waals surface area contributed by atoms with E-state index in [0.717, 1.165) is 11.3 Å². The third kappa shape index (κ3) is 2.62. The fourth-order valence-electron chi connectivity index (χ4n) is 3.02. The van der Waals surface area contributed by atoms with E-state index in [2.05, 4.69) is 0 Å². The molecule has 26 heavy (non-hydrogen) atoms.